The number of nitrogens with zero attached hydrogens (tertiary/aromatic N) is 1. The lowest BCUT2D eigenvalue weighted by atomic mass is 10.1. The van der Waals surface area contributed by atoms with E-state index in [1.165, 1.54) is 0 Å². The fourth-order valence-electron chi connectivity index (χ4n) is 1.13. The SMILES string of the molecule is CCCNC(N)=NCC(C)(C)NS(C)(=O)=O.I. The number of nitrogens with one attached hydrogen (secondary N) is 2. The Hall–Kier alpha value is -0.0900. The first-order valence-electron chi connectivity index (χ1n) is 5.19. The van der Waals surface area contributed by atoms with Crippen molar-refractivity contribution in [3.63, 3.8) is 0 Å². The molecule has 0 aromatic rings. The summed E-state index contributed by atoms with van der Waals surface area (Å²) in [5, 5.41) is 2.92. The lowest BCUT2D eigenvalue weighted by Gasteiger charge is -2.22. The Morgan fingerprint density at radius 1 is 1.41 bits per heavy atom. The van der Waals surface area contributed by atoms with E-state index in [4.69, 9.17) is 5.73 Å². The highest BCUT2D eigenvalue weighted by Gasteiger charge is 2.21. The topological polar surface area (TPSA) is 96.6 Å². The van der Waals surface area contributed by atoms with Crippen molar-refractivity contribution in [1.82, 2.24) is 10.0 Å². The fourth-order valence-corrected chi connectivity index (χ4v) is 2.19. The van der Waals surface area contributed by atoms with Crippen LogP contribution in [0.2, 0.25) is 0 Å². The van der Waals surface area contributed by atoms with Crippen LogP contribution in [0.4, 0.5) is 0 Å². The summed E-state index contributed by atoms with van der Waals surface area (Å²) in [5.41, 5.74) is 4.96. The van der Waals surface area contributed by atoms with E-state index in [0.29, 0.717) is 12.5 Å². The zero-order valence-electron chi connectivity index (χ0n) is 10.8. The van der Waals surface area contributed by atoms with Crippen molar-refractivity contribution in [2.24, 2.45) is 10.7 Å². The van der Waals surface area contributed by atoms with E-state index in [1.807, 2.05) is 6.92 Å². The van der Waals surface area contributed by atoms with Gasteiger partial charge in [-0.2, -0.15) is 0 Å². The van der Waals surface area contributed by atoms with E-state index in [1.54, 1.807) is 13.8 Å². The number of rotatable bonds is 6. The van der Waals surface area contributed by atoms with Gasteiger partial charge in [0.05, 0.1) is 12.8 Å². The van der Waals surface area contributed by atoms with E-state index in [-0.39, 0.29) is 24.0 Å². The average molecular weight is 378 g/mol. The van der Waals surface area contributed by atoms with Crippen LogP contribution in [0.25, 0.3) is 0 Å². The normalized spacial score (nSPS) is 13.1. The third-order valence-electron chi connectivity index (χ3n) is 1.66. The minimum Gasteiger partial charge on any atom is -0.370 e. The van der Waals surface area contributed by atoms with Crippen LogP contribution >= 0.6 is 24.0 Å². The van der Waals surface area contributed by atoms with Crippen LogP contribution in [0.1, 0.15) is 27.2 Å². The van der Waals surface area contributed by atoms with Gasteiger partial charge in [0.2, 0.25) is 10.0 Å². The van der Waals surface area contributed by atoms with E-state index < -0.39 is 15.6 Å². The molecule has 4 N–H and O–H groups in total. The Morgan fingerprint density at radius 3 is 2.35 bits per heavy atom. The fraction of sp³-hybridized carbons (Fsp3) is 0.889. The van der Waals surface area contributed by atoms with E-state index in [2.05, 4.69) is 15.0 Å². The van der Waals surface area contributed by atoms with Gasteiger partial charge in [-0.25, -0.2) is 13.1 Å². The molecule has 8 heteroatoms. The quantitative estimate of drug-likeness (QED) is 0.351. The zero-order valence-corrected chi connectivity index (χ0v) is 13.9. The predicted octanol–water partition coefficient (Wildman–Crippen LogP) is 0.247. The van der Waals surface area contributed by atoms with Gasteiger partial charge >= 0.3 is 0 Å². The smallest absolute Gasteiger partial charge is 0.209 e. The molecule has 0 spiro atoms. The molecule has 0 saturated carbocycles. The average Bonchev–Trinajstić information content (AvgIpc) is 2.07. The van der Waals surface area contributed by atoms with Crippen LogP contribution < -0.4 is 15.8 Å². The lowest BCUT2D eigenvalue weighted by molar-refractivity contribution is 0.465. The highest BCUT2D eigenvalue weighted by atomic mass is 127. The van der Waals surface area contributed by atoms with Crippen LogP contribution in [0.3, 0.4) is 0 Å². The van der Waals surface area contributed by atoms with Crippen LogP contribution in [0.15, 0.2) is 4.99 Å². The van der Waals surface area contributed by atoms with E-state index >= 15 is 0 Å². The molecule has 0 bridgehead atoms. The standard InChI is InChI=1S/C9H22N4O2S.HI/c1-5-6-11-8(10)12-7-9(2,3)13-16(4,14)15;/h13H,5-7H2,1-4H3,(H3,10,11,12);1H. The molecule has 0 fully saturated rings. The van der Waals surface area contributed by atoms with Crippen molar-refractivity contribution >= 4 is 40.0 Å². The zero-order chi connectivity index (χ0) is 12.8. The highest BCUT2D eigenvalue weighted by Crippen LogP contribution is 2.03. The van der Waals surface area contributed by atoms with E-state index in [9.17, 15) is 8.42 Å². The molecule has 0 saturated heterocycles. The van der Waals surface area contributed by atoms with Crippen LogP contribution in [-0.4, -0.2) is 39.3 Å². The van der Waals surface area contributed by atoms with Crippen molar-refractivity contribution < 1.29 is 8.42 Å². The first-order valence-corrected chi connectivity index (χ1v) is 7.08. The van der Waals surface area contributed by atoms with Gasteiger partial charge in [-0.05, 0) is 20.3 Å². The molecule has 6 nitrogen and oxygen atoms in total. The molecule has 0 aromatic carbocycles. The third kappa shape index (κ3) is 12.2. The molecule has 0 amide bonds. The molecular weight excluding hydrogens is 355 g/mol. The van der Waals surface area contributed by atoms with Crippen LogP contribution in [0, 0.1) is 0 Å². The molecule has 0 aliphatic carbocycles. The summed E-state index contributed by atoms with van der Waals surface area (Å²) in [6.07, 6.45) is 2.08. The van der Waals surface area contributed by atoms with Gasteiger partial charge < -0.3 is 11.1 Å². The lowest BCUT2D eigenvalue weighted by Crippen LogP contribution is -2.46. The number of nitrogens with two attached hydrogens (primary N) is 1. The van der Waals surface area contributed by atoms with Crippen molar-refractivity contribution in [3.8, 4) is 0 Å². The van der Waals surface area contributed by atoms with Crippen molar-refractivity contribution in [1.29, 1.82) is 0 Å². The van der Waals surface area contributed by atoms with Crippen molar-refractivity contribution in [3.05, 3.63) is 0 Å². The van der Waals surface area contributed by atoms with E-state index in [0.717, 1.165) is 19.2 Å². The Kier molecular flexibility index (Phi) is 9.16. The molecular formula is C9H23IN4O2S. The summed E-state index contributed by atoms with van der Waals surface area (Å²) < 4.78 is 24.6. The molecule has 0 heterocycles. The second kappa shape index (κ2) is 8.09. The number of sulfonamides is 1. The first-order chi connectivity index (χ1) is 7.16. The molecule has 0 aliphatic rings. The predicted molar refractivity (Wildman–Crippen MR) is 82.3 cm³/mol. The summed E-state index contributed by atoms with van der Waals surface area (Å²) in [6.45, 7) is 6.59. The summed E-state index contributed by atoms with van der Waals surface area (Å²) in [4.78, 5) is 4.07. The summed E-state index contributed by atoms with van der Waals surface area (Å²) in [7, 11) is -3.23. The van der Waals surface area contributed by atoms with Gasteiger partial charge in [0.1, 0.15) is 0 Å². The summed E-state index contributed by atoms with van der Waals surface area (Å²) in [6, 6.07) is 0. The third-order valence-corrected chi connectivity index (χ3v) is 2.59. The number of hydrogen-bond acceptors (Lipinski definition) is 3. The number of aliphatic imine (C=N–C) groups is 1. The van der Waals surface area contributed by atoms with Crippen molar-refractivity contribution in [2.75, 3.05) is 19.3 Å². The summed E-state index contributed by atoms with van der Waals surface area (Å²) in [5.74, 6) is 0.338. The molecule has 0 radical (unpaired) electrons. The van der Waals surface area contributed by atoms with Gasteiger partial charge in [-0.15, -0.1) is 24.0 Å². The van der Waals surface area contributed by atoms with Crippen LogP contribution in [-0.2, 0) is 10.0 Å². The first kappa shape index (κ1) is 19.3. The maximum absolute atomic E-state index is 11.1. The van der Waals surface area contributed by atoms with Gasteiger partial charge in [0, 0.05) is 12.1 Å². The number of guanidine groups is 1. The Morgan fingerprint density at radius 2 is 1.94 bits per heavy atom. The van der Waals surface area contributed by atoms with Gasteiger partial charge in [0.25, 0.3) is 0 Å². The second-order valence-corrected chi connectivity index (χ2v) is 6.13. The molecule has 0 rings (SSSR count). The molecule has 0 atom stereocenters. The van der Waals surface area contributed by atoms with Crippen molar-refractivity contribution in [2.45, 2.75) is 32.7 Å². The minimum atomic E-state index is -3.23. The molecule has 0 aliphatic heterocycles. The maximum atomic E-state index is 11.1. The maximum Gasteiger partial charge on any atom is 0.209 e. The molecule has 104 valence electrons. The molecule has 17 heavy (non-hydrogen) atoms. The Bertz CT molecular complexity index is 341. The van der Waals surface area contributed by atoms with Crippen LogP contribution in [0.5, 0.6) is 0 Å². The highest BCUT2D eigenvalue weighted by molar-refractivity contribution is 14.0. The Balaban J connectivity index is 0. The largest absolute Gasteiger partial charge is 0.370 e. The number of halogens is 1. The van der Waals surface area contributed by atoms with Gasteiger partial charge in [-0.1, -0.05) is 6.92 Å². The summed E-state index contributed by atoms with van der Waals surface area (Å²) >= 11 is 0. The Labute approximate surface area is 121 Å². The molecule has 0 unspecified atom stereocenters. The molecule has 0 aromatic heterocycles. The van der Waals surface area contributed by atoms with Gasteiger partial charge in [0.15, 0.2) is 5.96 Å². The minimum absolute atomic E-state index is 0. The number of hydrogen-bond donors (Lipinski definition) is 3. The van der Waals surface area contributed by atoms with Gasteiger partial charge in [-0.3, -0.25) is 4.99 Å². The second-order valence-electron chi connectivity index (χ2n) is 4.39. The monoisotopic (exact) mass is 378 g/mol.